The lowest BCUT2D eigenvalue weighted by atomic mass is 10.3. The van der Waals surface area contributed by atoms with Crippen molar-refractivity contribution < 1.29 is 13.9 Å². The van der Waals surface area contributed by atoms with Crippen molar-refractivity contribution in [1.29, 1.82) is 0 Å². The van der Waals surface area contributed by atoms with E-state index >= 15 is 0 Å². The standard InChI is InChI=1S/C20H22FN3O2S/c1-3-24(20-22-17-6-4-5-7-18(17)27-20)19(25)14-23(2)12-13-26-16-10-8-15(21)9-11-16/h4-11H,3,12-14H2,1-2H3. The number of fused-ring (bicyclic) bond motifs is 1. The van der Waals surface area contributed by atoms with Crippen LogP contribution < -0.4 is 9.64 Å². The molecule has 0 saturated heterocycles. The van der Waals surface area contributed by atoms with Gasteiger partial charge in [0, 0.05) is 13.1 Å². The number of thiazole rings is 1. The molecule has 0 atom stereocenters. The molecular weight excluding hydrogens is 365 g/mol. The summed E-state index contributed by atoms with van der Waals surface area (Å²) >= 11 is 1.52. The molecule has 1 heterocycles. The number of amides is 1. The molecule has 1 amide bonds. The Morgan fingerprint density at radius 2 is 1.93 bits per heavy atom. The minimum absolute atomic E-state index is 0.000776. The maximum absolute atomic E-state index is 12.9. The van der Waals surface area contributed by atoms with E-state index in [9.17, 15) is 9.18 Å². The van der Waals surface area contributed by atoms with E-state index in [1.54, 1.807) is 17.0 Å². The second-order valence-electron chi connectivity index (χ2n) is 6.14. The van der Waals surface area contributed by atoms with E-state index in [1.807, 2.05) is 43.1 Å². The van der Waals surface area contributed by atoms with Gasteiger partial charge in [0.2, 0.25) is 5.91 Å². The van der Waals surface area contributed by atoms with Gasteiger partial charge in [-0.3, -0.25) is 14.6 Å². The zero-order chi connectivity index (χ0) is 19.2. The Kier molecular flexibility index (Phi) is 6.36. The molecule has 0 aliphatic heterocycles. The molecule has 27 heavy (non-hydrogen) atoms. The van der Waals surface area contributed by atoms with Crippen LogP contribution in [0.4, 0.5) is 9.52 Å². The molecule has 0 N–H and O–H groups in total. The fourth-order valence-electron chi connectivity index (χ4n) is 2.64. The number of ether oxygens (including phenoxy) is 1. The predicted octanol–water partition coefficient (Wildman–Crippen LogP) is 3.80. The van der Waals surface area contributed by atoms with E-state index in [1.165, 1.54) is 23.5 Å². The summed E-state index contributed by atoms with van der Waals surface area (Å²) in [5.74, 6) is 0.321. The topological polar surface area (TPSA) is 45.7 Å². The summed E-state index contributed by atoms with van der Waals surface area (Å²) in [5, 5.41) is 0.722. The van der Waals surface area contributed by atoms with Crippen LogP contribution in [0.2, 0.25) is 0 Å². The Morgan fingerprint density at radius 1 is 1.19 bits per heavy atom. The summed E-state index contributed by atoms with van der Waals surface area (Å²) in [5.41, 5.74) is 0.907. The number of para-hydroxylation sites is 1. The molecule has 0 radical (unpaired) electrons. The van der Waals surface area contributed by atoms with Crippen LogP contribution in [0.15, 0.2) is 48.5 Å². The fraction of sp³-hybridized carbons (Fsp3) is 0.300. The first-order chi connectivity index (χ1) is 13.1. The van der Waals surface area contributed by atoms with E-state index in [-0.39, 0.29) is 18.3 Å². The minimum Gasteiger partial charge on any atom is -0.492 e. The highest BCUT2D eigenvalue weighted by atomic mass is 32.1. The molecule has 0 bridgehead atoms. The molecule has 0 saturated carbocycles. The molecule has 3 aromatic rings. The second kappa shape index (κ2) is 8.92. The molecular formula is C20H22FN3O2S. The van der Waals surface area contributed by atoms with Crippen LogP contribution in [0.3, 0.4) is 0 Å². The second-order valence-corrected chi connectivity index (χ2v) is 7.15. The fourth-order valence-corrected chi connectivity index (χ4v) is 3.69. The van der Waals surface area contributed by atoms with Gasteiger partial charge in [-0.05, 0) is 50.4 Å². The highest BCUT2D eigenvalue weighted by Gasteiger charge is 2.19. The maximum Gasteiger partial charge on any atom is 0.242 e. The Labute approximate surface area is 162 Å². The average molecular weight is 387 g/mol. The summed E-state index contributed by atoms with van der Waals surface area (Å²) < 4.78 is 19.5. The van der Waals surface area contributed by atoms with Crippen LogP contribution in [-0.2, 0) is 4.79 Å². The average Bonchev–Trinajstić information content (AvgIpc) is 3.07. The Balaban J connectivity index is 1.53. The number of aromatic nitrogens is 1. The molecule has 0 aliphatic carbocycles. The van der Waals surface area contributed by atoms with E-state index in [0.717, 1.165) is 15.3 Å². The number of carbonyl (C=O) groups excluding carboxylic acids is 1. The highest BCUT2D eigenvalue weighted by Crippen LogP contribution is 2.28. The first kappa shape index (κ1) is 19.3. The third-order valence-electron chi connectivity index (χ3n) is 4.09. The molecule has 0 spiro atoms. The van der Waals surface area contributed by atoms with E-state index in [2.05, 4.69) is 4.98 Å². The van der Waals surface area contributed by atoms with Crippen LogP contribution in [-0.4, -0.2) is 49.1 Å². The molecule has 7 heteroatoms. The largest absolute Gasteiger partial charge is 0.492 e. The highest BCUT2D eigenvalue weighted by molar-refractivity contribution is 7.22. The van der Waals surface area contributed by atoms with Crippen LogP contribution in [0.5, 0.6) is 5.75 Å². The van der Waals surface area contributed by atoms with Crippen molar-refractivity contribution in [2.24, 2.45) is 0 Å². The van der Waals surface area contributed by atoms with Gasteiger partial charge in [-0.25, -0.2) is 9.37 Å². The molecule has 1 aromatic heterocycles. The first-order valence-electron chi connectivity index (χ1n) is 8.79. The number of hydrogen-bond acceptors (Lipinski definition) is 5. The predicted molar refractivity (Wildman–Crippen MR) is 107 cm³/mol. The van der Waals surface area contributed by atoms with E-state index in [4.69, 9.17) is 4.74 Å². The van der Waals surface area contributed by atoms with Crippen molar-refractivity contribution >= 4 is 32.6 Å². The number of hydrogen-bond donors (Lipinski definition) is 0. The summed E-state index contributed by atoms with van der Waals surface area (Å²) in [7, 11) is 1.87. The number of halogens is 1. The van der Waals surface area contributed by atoms with Gasteiger partial charge < -0.3 is 4.74 Å². The lowest BCUT2D eigenvalue weighted by molar-refractivity contribution is -0.119. The summed E-state index contributed by atoms with van der Waals surface area (Å²) in [6.07, 6.45) is 0. The summed E-state index contributed by atoms with van der Waals surface area (Å²) in [6, 6.07) is 13.8. The molecule has 2 aromatic carbocycles. The quantitative estimate of drug-likeness (QED) is 0.590. The lowest BCUT2D eigenvalue weighted by Gasteiger charge is -2.22. The van der Waals surface area contributed by atoms with Crippen molar-refractivity contribution in [2.45, 2.75) is 6.92 Å². The number of likely N-dealkylation sites (N-methyl/N-ethyl adjacent to an activating group) is 2. The van der Waals surface area contributed by atoms with Gasteiger partial charge >= 0.3 is 0 Å². The van der Waals surface area contributed by atoms with Crippen LogP contribution >= 0.6 is 11.3 Å². The SMILES string of the molecule is CCN(C(=O)CN(C)CCOc1ccc(F)cc1)c1nc2ccccc2s1. The minimum atomic E-state index is -0.292. The third-order valence-corrected chi connectivity index (χ3v) is 5.15. The van der Waals surface area contributed by atoms with Crippen molar-refractivity contribution in [2.75, 3.05) is 38.2 Å². The summed E-state index contributed by atoms with van der Waals surface area (Å²) in [4.78, 5) is 20.9. The Morgan fingerprint density at radius 3 is 2.63 bits per heavy atom. The molecule has 5 nitrogen and oxygen atoms in total. The molecule has 0 fully saturated rings. The third kappa shape index (κ3) is 5.02. The van der Waals surface area contributed by atoms with Gasteiger partial charge in [0.1, 0.15) is 18.2 Å². The number of rotatable bonds is 8. The van der Waals surface area contributed by atoms with Gasteiger partial charge in [-0.1, -0.05) is 23.5 Å². The smallest absolute Gasteiger partial charge is 0.242 e. The van der Waals surface area contributed by atoms with Crippen molar-refractivity contribution in [1.82, 2.24) is 9.88 Å². The van der Waals surface area contributed by atoms with Crippen molar-refractivity contribution in [3.8, 4) is 5.75 Å². The number of anilines is 1. The first-order valence-corrected chi connectivity index (χ1v) is 9.61. The zero-order valence-corrected chi connectivity index (χ0v) is 16.2. The van der Waals surface area contributed by atoms with Crippen molar-refractivity contribution in [3.05, 3.63) is 54.3 Å². The van der Waals surface area contributed by atoms with E-state index < -0.39 is 0 Å². The number of carbonyl (C=O) groups is 1. The molecule has 0 aliphatic rings. The van der Waals surface area contributed by atoms with Gasteiger partial charge in [-0.15, -0.1) is 0 Å². The van der Waals surface area contributed by atoms with Gasteiger partial charge in [0.15, 0.2) is 5.13 Å². The number of nitrogens with zero attached hydrogens (tertiary/aromatic N) is 3. The van der Waals surface area contributed by atoms with Crippen LogP contribution in [0, 0.1) is 5.82 Å². The van der Waals surface area contributed by atoms with Gasteiger partial charge in [0.05, 0.1) is 16.8 Å². The Bertz CT molecular complexity index is 865. The molecule has 0 unspecified atom stereocenters. The monoisotopic (exact) mass is 387 g/mol. The Hall–Kier alpha value is -2.51. The zero-order valence-electron chi connectivity index (χ0n) is 15.4. The maximum atomic E-state index is 12.9. The normalized spacial score (nSPS) is 11.1. The summed E-state index contributed by atoms with van der Waals surface area (Å²) in [6.45, 7) is 3.79. The van der Waals surface area contributed by atoms with Crippen molar-refractivity contribution in [3.63, 3.8) is 0 Å². The number of benzene rings is 2. The van der Waals surface area contributed by atoms with Gasteiger partial charge in [-0.2, -0.15) is 0 Å². The molecule has 142 valence electrons. The van der Waals surface area contributed by atoms with Gasteiger partial charge in [0.25, 0.3) is 0 Å². The lowest BCUT2D eigenvalue weighted by Crippen LogP contribution is -2.40. The van der Waals surface area contributed by atoms with Crippen LogP contribution in [0.1, 0.15) is 6.92 Å². The molecule has 3 rings (SSSR count). The van der Waals surface area contributed by atoms with E-state index in [0.29, 0.717) is 25.4 Å². The van der Waals surface area contributed by atoms with Crippen LogP contribution in [0.25, 0.3) is 10.2 Å².